The van der Waals surface area contributed by atoms with E-state index in [-0.39, 0.29) is 18.2 Å². The van der Waals surface area contributed by atoms with Crippen LogP contribution in [-0.4, -0.2) is 23.0 Å². The lowest BCUT2D eigenvalue weighted by atomic mass is 10.1. The van der Waals surface area contributed by atoms with Crippen molar-refractivity contribution < 1.29 is 19.1 Å². The average molecular weight is 251 g/mol. The second-order valence-electron chi connectivity index (χ2n) is 4.47. The van der Waals surface area contributed by atoms with E-state index in [1.165, 1.54) is 18.2 Å². The Balaban J connectivity index is 2.04. The molecule has 2 N–H and O–H groups in total. The number of carbonyl (C=O) groups excluding carboxylic acids is 1. The number of rotatable bonds is 5. The van der Waals surface area contributed by atoms with E-state index in [1.807, 2.05) is 0 Å². The molecule has 18 heavy (non-hydrogen) atoms. The number of carboxylic acids is 1. The van der Waals surface area contributed by atoms with Crippen LogP contribution in [0.2, 0.25) is 0 Å². The number of hydrogen-bond donors (Lipinski definition) is 2. The van der Waals surface area contributed by atoms with Crippen LogP contribution in [0.15, 0.2) is 24.3 Å². The van der Waals surface area contributed by atoms with E-state index in [9.17, 15) is 14.0 Å². The van der Waals surface area contributed by atoms with Crippen molar-refractivity contribution in [3.63, 3.8) is 0 Å². The van der Waals surface area contributed by atoms with Gasteiger partial charge < -0.3 is 10.4 Å². The van der Waals surface area contributed by atoms with Crippen molar-refractivity contribution in [2.75, 3.05) is 0 Å². The molecular weight excluding hydrogens is 237 g/mol. The van der Waals surface area contributed by atoms with E-state index < -0.39 is 17.8 Å². The first kappa shape index (κ1) is 12.5. The van der Waals surface area contributed by atoms with Crippen molar-refractivity contribution >= 4 is 11.9 Å². The van der Waals surface area contributed by atoms with Gasteiger partial charge in [-0.3, -0.25) is 4.79 Å². The third-order valence-electron chi connectivity index (χ3n) is 2.94. The molecule has 0 heterocycles. The normalized spacial score (nSPS) is 16.1. The van der Waals surface area contributed by atoms with Crippen LogP contribution < -0.4 is 5.32 Å². The standard InChI is InChI=1S/C13H14FNO3/c14-10-4-2-1-3-9(10)7-11(13(17)18)15-12(16)8-5-6-8/h1-4,8,11H,5-7H2,(H,15,16)(H,17,18)/t11-/m1/s1. The zero-order chi connectivity index (χ0) is 13.1. The molecule has 1 aliphatic rings. The van der Waals surface area contributed by atoms with Crippen LogP contribution in [0.25, 0.3) is 0 Å². The molecule has 2 rings (SSSR count). The zero-order valence-electron chi connectivity index (χ0n) is 9.73. The first-order valence-corrected chi connectivity index (χ1v) is 5.84. The van der Waals surface area contributed by atoms with Gasteiger partial charge in [-0.05, 0) is 24.5 Å². The Morgan fingerprint density at radius 2 is 2.06 bits per heavy atom. The lowest BCUT2D eigenvalue weighted by Crippen LogP contribution is -2.43. The first-order valence-electron chi connectivity index (χ1n) is 5.84. The molecule has 1 saturated carbocycles. The molecular formula is C13H14FNO3. The second kappa shape index (κ2) is 5.16. The molecule has 1 amide bonds. The number of halogens is 1. The fraction of sp³-hybridized carbons (Fsp3) is 0.385. The molecule has 0 bridgehead atoms. The maximum Gasteiger partial charge on any atom is 0.326 e. The van der Waals surface area contributed by atoms with Crippen LogP contribution in [0, 0.1) is 11.7 Å². The summed E-state index contributed by atoms with van der Waals surface area (Å²) in [5.74, 6) is -1.91. The van der Waals surface area contributed by atoms with E-state index in [4.69, 9.17) is 5.11 Å². The minimum Gasteiger partial charge on any atom is -0.480 e. The first-order chi connectivity index (χ1) is 8.58. The maximum absolute atomic E-state index is 13.4. The second-order valence-corrected chi connectivity index (χ2v) is 4.47. The quantitative estimate of drug-likeness (QED) is 0.830. The van der Waals surface area contributed by atoms with Gasteiger partial charge in [0.05, 0.1) is 0 Å². The van der Waals surface area contributed by atoms with E-state index in [0.29, 0.717) is 5.56 Å². The predicted octanol–water partition coefficient (Wildman–Crippen LogP) is 1.35. The van der Waals surface area contributed by atoms with Crippen LogP contribution in [0.1, 0.15) is 18.4 Å². The van der Waals surface area contributed by atoms with Crippen molar-refractivity contribution in [2.24, 2.45) is 5.92 Å². The SMILES string of the molecule is O=C(N[C@H](Cc1ccccc1F)C(=O)O)C1CC1. The van der Waals surface area contributed by atoms with E-state index in [0.717, 1.165) is 12.8 Å². The largest absolute Gasteiger partial charge is 0.480 e. The van der Waals surface area contributed by atoms with Gasteiger partial charge in [0.15, 0.2) is 0 Å². The highest BCUT2D eigenvalue weighted by Crippen LogP contribution is 2.29. The number of carbonyl (C=O) groups is 2. The summed E-state index contributed by atoms with van der Waals surface area (Å²) in [6.45, 7) is 0. The number of aliphatic carboxylic acids is 1. The average Bonchev–Trinajstić information content (AvgIpc) is 3.14. The Kier molecular flexibility index (Phi) is 3.60. The minimum absolute atomic E-state index is 0.0412. The van der Waals surface area contributed by atoms with E-state index in [1.54, 1.807) is 6.07 Å². The molecule has 5 heteroatoms. The Morgan fingerprint density at radius 3 is 2.61 bits per heavy atom. The summed E-state index contributed by atoms with van der Waals surface area (Å²) < 4.78 is 13.4. The van der Waals surface area contributed by atoms with Gasteiger partial charge in [-0.2, -0.15) is 0 Å². The van der Waals surface area contributed by atoms with Crippen molar-refractivity contribution in [1.82, 2.24) is 5.32 Å². The third-order valence-corrected chi connectivity index (χ3v) is 2.94. The van der Waals surface area contributed by atoms with Gasteiger partial charge in [-0.1, -0.05) is 18.2 Å². The van der Waals surface area contributed by atoms with E-state index in [2.05, 4.69) is 5.32 Å². The highest BCUT2D eigenvalue weighted by molar-refractivity contribution is 5.86. The lowest BCUT2D eigenvalue weighted by molar-refractivity contribution is -0.142. The molecule has 0 saturated heterocycles. The molecule has 1 aromatic rings. The lowest BCUT2D eigenvalue weighted by Gasteiger charge is -2.14. The van der Waals surface area contributed by atoms with Crippen molar-refractivity contribution in [3.8, 4) is 0 Å². The van der Waals surface area contributed by atoms with Crippen LogP contribution >= 0.6 is 0 Å². The van der Waals surface area contributed by atoms with Crippen molar-refractivity contribution in [2.45, 2.75) is 25.3 Å². The van der Waals surface area contributed by atoms with Gasteiger partial charge in [0.25, 0.3) is 0 Å². The summed E-state index contributed by atoms with van der Waals surface area (Å²) in [6, 6.07) is 4.90. The van der Waals surface area contributed by atoms with Crippen LogP contribution in [0.3, 0.4) is 0 Å². The Hall–Kier alpha value is -1.91. The highest BCUT2D eigenvalue weighted by Gasteiger charge is 2.32. The summed E-state index contributed by atoms with van der Waals surface area (Å²) in [4.78, 5) is 22.6. The summed E-state index contributed by atoms with van der Waals surface area (Å²) in [5, 5.41) is 11.5. The highest BCUT2D eigenvalue weighted by atomic mass is 19.1. The Morgan fingerprint density at radius 1 is 1.39 bits per heavy atom. The van der Waals surface area contributed by atoms with Crippen LogP contribution in [0.5, 0.6) is 0 Å². The Labute approximate surface area is 104 Å². The fourth-order valence-corrected chi connectivity index (χ4v) is 1.72. The molecule has 0 unspecified atom stereocenters. The van der Waals surface area contributed by atoms with Gasteiger partial charge in [0, 0.05) is 12.3 Å². The van der Waals surface area contributed by atoms with Gasteiger partial charge in [-0.15, -0.1) is 0 Å². The number of nitrogens with one attached hydrogen (secondary N) is 1. The molecule has 96 valence electrons. The minimum atomic E-state index is -1.15. The monoisotopic (exact) mass is 251 g/mol. The fourth-order valence-electron chi connectivity index (χ4n) is 1.72. The molecule has 0 spiro atoms. The number of hydrogen-bond acceptors (Lipinski definition) is 2. The van der Waals surface area contributed by atoms with Gasteiger partial charge in [0.1, 0.15) is 11.9 Å². The van der Waals surface area contributed by atoms with E-state index >= 15 is 0 Å². The zero-order valence-corrected chi connectivity index (χ0v) is 9.73. The predicted molar refractivity (Wildman–Crippen MR) is 62.4 cm³/mol. The van der Waals surface area contributed by atoms with Crippen molar-refractivity contribution in [1.29, 1.82) is 0 Å². The molecule has 0 aromatic heterocycles. The maximum atomic E-state index is 13.4. The molecule has 1 atom stereocenters. The molecule has 1 aromatic carbocycles. The summed E-state index contributed by atoms with van der Waals surface area (Å²) in [6.07, 6.45) is 1.57. The molecule has 4 nitrogen and oxygen atoms in total. The van der Waals surface area contributed by atoms with Crippen LogP contribution in [-0.2, 0) is 16.0 Å². The number of benzene rings is 1. The molecule has 1 aliphatic carbocycles. The number of carboxylic acid groups (broad SMARTS) is 1. The van der Waals surface area contributed by atoms with Crippen LogP contribution in [0.4, 0.5) is 4.39 Å². The van der Waals surface area contributed by atoms with Gasteiger partial charge in [0.2, 0.25) is 5.91 Å². The summed E-state index contributed by atoms with van der Waals surface area (Å²) >= 11 is 0. The third kappa shape index (κ3) is 3.06. The van der Waals surface area contributed by atoms with Gasteiger partial charge >= 0.3 is 5.97 Å². The summed E-state index contributed by atoms with van der Waals surface area (Å²) in [7, 11) is 0. The number of amides is 1. The van der Waals surface area contributed by atoms with Crippen molar-refractivity contribution in [3.05, 3.63) is 35.6 Å². The Bertz CT molecular complexity index is 471. The summed E-state index contributed by atoms with van der Waals surface area (Å²) in [5.41, 5.74) is 0.293. The molecule has 1 fully saturated rings. The van der Waals surface area contributed by atoms with Gasteiger partial charge in [-0.25, -0.2) is 9.18 Å². The molecule has 0 aliphatic heterocycles. The topological polar surface area (TPSA) is 66.4 Å². The smallest absolute Gasteiger partial charge is 0.326 e. The molecule has 0 radical (unpaired) electrons.